The highest BCUT2D eigenvalue weighted by Crippen LogP contribution is 2.39. The van der Waals surface area contributed by atoms with Crippen LogP contribution in [0.1, 0.15) is 79.8 Å². The number of rotatable bonds is 3. The van der Waals surface area contributed by atoms with Gasteiger partial charge in [0.05, 0.1) is 18.3 Å². The second-order valence-corrected chi connectivity index (χ2v) is 8.88. The Bertz CT molecular complexity index is 1030. The van der Waals surface area contributed by atoms with E-state index in [-0.39, 0.29) is 11.9 Å². The van der Waals surface area contributed by atoms with Crippen molar-refractivity contribution in [2.45, 2.75) is 64.5 Å². The molecule has 0 radical (unpaired) electrons. The van der Waals surface area contributed by atoms with E-state index >= 15 is 0 Å². The molecule has 1 aliphatic heterocycles. The monoisotopic (exact) mass is 391 g/mol. The van der Waals surface area contributed by atoms with Crippen LogP contribution >= 0.6 is 0 Å². The van der Waals surface area contributed by atoms with Crippen LogP contribution in [0.3, 0.4) is 0 Å². The fourth-order valence-corrected chi connectivity index (χ4v) is 5.24. The molecule has 1 saturated carbocycles. The third-order valence-electron chi connectivity index (χ3n) is 6.65. The van der Waals surface area contributed by atoms with E-state index in [9.17, 15) is 4.79 Å². The number of aromatic nitrogens is 4. The molecule has 0 saturated heterocycles. The van der Waals surface area contributed by atoms with Gasteiger partial charge in [0.25, 0.3) is 5.91 Å². The van der Waals surface area contributed by atoms with Gasteiger partial charge in [0, 0.05) is 23.1 Å². The predicted octanol–water partition coefficient (Wildman–Crippen LogP) is 4.66. The Kier molecular flexibility index (Phi) is 4.64. The number of aromatic amines is 1. The summed E-state index contributed by atoms with van der Waals surface area (Å²) in [7, 11) is 0. The van der Waals surface area contributed by atoms with Gasteiger partial charge in [-0.05, 0) is 36.8 Å². The molecule has 1 aliphatic carbocycles. The lowest BCUT2D eigenvalue weighted by Crippen LogP contribution is -2.42. The van der Waals surface area contributed by atoms with Crippen molar-refractivity contribution in [1.82, 2.24) is 24.9 Å². The van der Waals surface area contributed by atoms with Crippen molar-refractivity contribution in [2.24, 2.45) is 5.92 Å². The lowest BCUT2D eigenvalue weighted by molar-refractivity contribution is 0.0592. The van der Waals surface area contributed by atoms with Crippen molar-refractivity contribution < 1.29 is 4.79 Å². The van der Waals surface area contributed by atoms with Crippen molar-refractivity contribution >= 4 is 16.8 Å². The summed E-state index contributed by atoms with van der Waals surface area (Å²) in [5, 5.41) is 9.87. The van der Waals surface area contributed by atoms with Crippen molar-refractivity contribution in [1.29, 1.82) is 0 Å². The second kappa shape index (κ2) is 7.32. The first kappa shape index (κ1) is 18.4. The Morgan fingerprint density at radius 3 is 2.76 bits per heavy atom. The average molecular weight is 392 g/mol. The van der Waals surface area contributed by atoms with Gasteiger partial charge < -0.3 is 9.88 Å². The molecule has 3 heterocycles. The van der Waals surface area contributed by atoms with E-state index in [1.165, 1.54) is 35.9 Å². The predicted molar refractivity (Wildman–Crippen MR) is 113 cm³/mol. The van der Waals surface area contributed by atoms with Crippen LogP contribution < -0.4 is 0 Å². The molecule has 152 valence electrons. The average Bonchev–Trinajstić information content (AvgIpc) is 3.38. The minimum absolute atomic E-state index is 0.00457. The van der Waals surface area contributed by atoms with Crippen LogP contribution in [0.15, 0.2) is 30.5 Å². The molecular weight excluding hydrogens is 362 g/mol. The number of nitrogens with zero attached hydrogens (tertiary/aromatic N) is 4. The molecule has 6 heteroatoms. The normalized spacial score (nSPS) is 20.4. The second-order valence-electron chi connectivity index (χ2n) is 8.88. The van der Waals surface area contributed by atoms with Crippen LogP contribution in [0.25, 0.3) is 10.9 Å². The molecule has 5 rings (SSSR count). The highest BCUT2D eigenvalue weighted by molar-refractivity contribution is 5.93. The maximum atomic E-state index is 13.4. The van der Waals surface area contributed by atoms with Gasteiger partial charge in [0.1, 0.15) is 0 Å². The lowest BCUT2D eigenvalue weighted by atomic mass is 9.90. The van der Waals surface area contributed by atoms with Crippen LogP contribution in [0.5, 0.6) is 0 Å². The molecule has 6 nitrogen and oxygen atoms in total. The molecule has 0 spiro atoms. The Labute approximate surface area is 171 Å². The third kappa shape index (κ3) is 3.15. The number of carbonyl (C=O) groups is 1. The summed E-state index contributed by atoms with van der Waals surface area (Å²) < 4.78 is 1.93. The van der Waals surface area contributed by atoms with E-state index in [2.05, 4.69) is 53.4 Å². The highest BCUT2D eigenvalue weighted by atomic mass is 16.2. The van der Waals surface area contributed by atoms with Crippen LogP contribution in [0.2, 0.25) is 0 Å². The van der Waals surface area contributed by atoms with Gasteiger partial charge in [-0.3, -0.25) is 4.79 Å². The molecule has 0 unspecified atom stereocenters. The van der Waals surface area contributed by atoms with Crippen LogP contribution in [0.4, 0.5) is 0 Å². The van der Waals surface area contributed by atoms with Crippen molar-refractivity contribution in [2.75, 3.05) is 6.54 Å². The number of fused-ring (bicyclic) bond motifs is 3. The van der Waals surface area contributed by atoms with E-state index in [0.717, 1.165) is 24.8 Å². The molecule has 0 bridgehead atoms. The molecule has 1 N–H and O–H groups in total. The summed E-state index contributed by atoms with van der Waals surface area (Å²) in [6.07, 6.45) is 8.77. The van der Waals surface area contributed by atoms with Gasteiger partial charge in [-0.15, -0.1) is 5.10 Å². The Morgan fingerprint density at radius 1 is 1.17 bits per heavy atom. The van der Waals surface area contributed by atoms with E-state index in [4.69, 9.17) is 0 Å². The minimum Gasteiger partial charge on any atom is -0.356 e. The quantitative estimate of drug-likeness (QED) is 0.706. The molecule has 29 heavy (non-hydrogen) atoms. The van der Waals surface area contributed by atoms with E-state index < -0.39 is 0 Å². The number of hydrogen-bond acceptors (Lipinski definition) is 3. The topological polar surface area (TPSA) is 66.8 Å². The zero-order valence-electron chi connectivity index (χ0n) is 17.3. The maximum Gasteiger partial charge on any atom is 0.276 e. The largest absolute Gasteiger partial charge is 0.356 e. The smallest absolute Gasteiger partial charge is 0.276 e. The molecule has 1 fully saturated rings. The first-order valence-corrected chi connectivity index (χ1v) is 11.0. The first-order chi connectivity index (χ1) is 14.1. The number of amides is 1. The van der Waals surface area contributed by atoms with Gasteiger partial charge in [-0.2, -0.15) is 0 Å². The number of carbonyl (C=O) groups excluding carboxylic acids is 1. The highest BCUT2D eigenvalue weighted by Gasteiger charge is 2.36. The van der Waals surface area contributed by atoms with Crippen LogP contribution in [-0.4, -0.2) is 37.3 Å². The van der Waals surface area contributed by atoms with Gasteiger partial charge in [0.2, 0.25) is 0 Å². The summed E-state index contributed by atoms with van der Waals surface area (Å²) in [5.41, 5.74) is 4.16. The molecule has 2 aromatic heterocycles. The molecule has 1 amide bonds. The van der Waals surface area contributed by atoms with Crippen molar-refractivity contribution in [3.63, 3.8) is 0 Å². The number of benzene rings is 1. The van der Waals surface area contributed by atoms with Crippen LogP contribution in [-0.2, 0) is 6.42 Å². The minimum atomic E-state index is -0.00457. The van der Waals surface area contributed by atoms with Gasteiger partial charge in [-0.1, -0.05) is 56.5 Å². The molecular formula is C23H29N5O. The summed E-state index contributed by atoms with van der Waals surface area (Å²) in [4.78, 5) is 19.0. The summed E-state index contributed by atoms with van der Waals surface area (Å²) in [6.45, 7) is 5.09. The standard InChI is InChI=1S/C23H29N5O/c1-15(2)22-21-18(17-10-6-7-11-19(17)24-21)12-13-27(22)23(29)20-14-28(26-25-20)16-8-4-3-5-9-16/h6-7,10-11,14-16,22,24H,3-5,8-9,12-13H2,1-2H3/t22-/m0/s1. The lowest BCUT2D eigenvalue weighted by Gasteiger charge is -2.37. The zero-order chi connectivity index (χ0) is 20.0. The van der Waals surface area contributed by atoms with Gasteiger partial charge in [-0.25, -0.2) is 4.68 Å². The van der Waals surface area contributed by atoms with Crippen molar-refractivity contribution in [3.05, 3.63) is 47.4 Å². The number of para-hydroxylation sites is 1. The molecule has 3 aromatic rings. The number of nitrogens with one attached hydrogen (secondary N) is 1. The third-order valence-corrected chi connectivity index (χ3v) is 6.65. The Balaban J connectivity index is 1.46. The SMILES string of the molecule is CC(C)[C@H]1c2[nH]c3ccccc3c2CCN1C(=O)c1cn(C2CCCCC2)nn1. The van der Waals surface area contributed by atoms with E-state index in [1.807, 2.05) is 15.8 Å². The molecule has 2 aliphatic rings. The van der Waals surface area contributed by atoms with Gasteiger partial charge >= 0.3 is 0 Å². The Hall–Kier alpha value is -2.63. The summed E-state index contributed by atoms with van der Waals surface area (Å²) >= 11 is 0. The molecule has 1 atom stereocenters. The Morgan fingerprint density at radius 2 is 1.97 bits per heavy atom. The summed E-state index contributed by atoms with van der Waals surface area (Å²) in [5.74, 6) is 0.300. The van der Waals surface area contributed by atoms with E-state index in [1.54, 1.807) is 0 Å². The summed E-state index contributed by atoms with van der Waals surface area (Å²) in [6, 6.07) is 8.85. The fourth-order valence-electron chi connectivity index (χ4n) is 5.24. The van der Waals surface area contributed by atoms with Crippen molar-refractivity contribution in [3.8, 4) is 0 Å². The van der Waals surface area contributed by atoms with E-state index in [0.29, 0.717) is 24.2 Å². The zero-order valence-corrected chi connectivity index (χ0v) is 17.3. The number of hydrogen-bond donors (Lipinski definition) is 1. The first-order valence-electron chi connectivity index (χ1n) is 11.0. The van der Waals surface area contributed by atoms with Crippen LogP contribution in [0, 0.1) is 5.92 Å². The molecule has 1 aromatic carbocycles. The fraction of sp³-hybridized carbons (Fsp3) is 0.522. The number of H-pyrrole nitrogens is 1. The van der Waals surface area contributed by atoms with Gasteiger partial charge in [0.15, 0.2) is 5.69 Å². The maximum absolute atomic E-state index is 13.4.